The summed E-state index contributed by atoms with van der Waals surface area (Å²) in [6.07, 6.45) is 0.0924. The lowest BCUT2D eigenvalue weighted by Crippen LogP contribution is -2.49. The Morgan fingerprint density at radius 1 is 1.21 bits per heavy atom. The first kappa shape index (κ1) is 15.6. The van der Waals surface area contributed by atoms with E-state index in [1.54, 1.807) is 38.1 Å². The SMILES string of the molecule is CC(C)NS(=O)(=O)N[C@@H](Cc1ccccc1)C(=O)O. The van der Waals surface area contributed by atoms with E-state index in [-0.39, 0.29) is 12.5 Å². The topological polar surface area (TPSA) is 95.5 Å². The zero-order chi connectivity index (χ0) is 14.5. The molecule has 0 heterocycles. The first-order valence-corrected chi connectivity index (χ1v) is 7.35. The third kappa shape index (κ3) is 5.82. The molecular formula is C12H18N2O4S. The summed E-state index contributed by atoms with van der Waals surface area (Å²) < 4.78 is 27.7. The van der Waals surface area contributed by atoms with E-state index < -0.39 is 22.2 Å². The molecule has 0 amide bonds. The van der Waals surface area contributed by atoms with E-state index in [9.17, 15) is 13.2 Å². The molecule has 1 aromatic rings. The van der Waals surface area contributed by atoms with Crippen LogP contribution >= 0.6 is 0 Å². The highest BCUT2D eigenvalue weighted by Crippen LogP contribution is 2.04. The molecule has 0 aliphatic heterocycles. The van der Waals surface area contributed by atoms with Gasteiger partial charge in [-0.25, -0.2) is 0 Å². The van der Waals surface area contributed by atoms with Crippen LogP contribution in [0.4, 0.5) is 0 Å². The van der Waals surface area contributed by atoms with Crippen LogP contribution in [-0.4, -0.2) is 31.6 Å². The van der Waals surface area contributed by atoms with E-state index in [0.29, 0.717) is 0 Å². The van der Waals surface area contributed by atoms with Gasteiger partial charge in [-0.1, -0.05) is 30.3 Å². The van der Waals surface area contributed by atoms with Crippen LogP contribution in [0.3, 0.4) is 0 Å². The predicted octanol–water partition coefficient (Wildman–Crippen LogP) is 0.515. The second-order valence-electron chi connectivity index (χ2n) is 4.47. The van der Waals surface area contributed by atoms with Crippen molar-refractivity contribution in [2.45, 2.75) is 32.4 Å². The Bertz CT molecular complexity index is 514. The molecule has 0 unspecified atom stereocenters. The normalized spacial score (nSPS) is 13.4. The van der Waals surface area contributed by atoms with Gasteiger partial charge in [0.25, 0.3) is 10.2 Å². The van der Waals surface area contributed by atoms with Crippen molar-refractivity contribution in [2.75, 3.05) is 0 Å². The third-order valence-electron chi connectivity index (χ3n) is 2.27. The lowest BCUT2D eigenvalue weighted by molar-refractivity contribution is -0.138. The van der Waals surface area contributed by atoms with Gasteiger partial charge in [0.2, 0.25) is 0 Å². The molecule has 0 fully saturated rings. The average molecular weight is 286 g/mol. The summed E-state index contributed by atoms with van der Waals surface area (Å²) in [4.78, 5) is 11.1. The molecule has 1 rings (SSSR count). The Balaban J connectivity index is 2.77. The molecule has 1 atom stereocenters. The summed E-state index contributed by atoms with van der Waals surface area (Å²) in [5.41, 5.74) is 0.752. The average Bonchev–Trinajstić information content (AvgIpc) is 2.27. The van der Waals surface area contributed by atoms with Crippen molar-refractivity contribution in [3.63, 3.8) is 0 Å². The van der Waals surface area contributed by atoms with Crippen LogP contribution in [0.5, 0.6) is 0 Å². The van der Waals surface area contributed by atoms with Gasteiger partial charge >= 0.3 is 5.97 Å². The summed E-state index contributed by atoms with van der Waals surface area (Å²) in [7, 11) is -3.83. The van der Waals surface area contributed by atoms with E-state index in [4.69, 9.17) is 5.11 Å². The van der Waals surface area contributed by atoms with Crippen molar-refractivity contribution in [2.24, 2.45) is 0 Å². The van der Waals surface area contributed by atoms with Crippen LogP contribution in [0.25, 0.3) is 0 Å². The van der Waals surface area contributed by atoms with Crippen molar-refractivity contribution >= 4 is 16.2 Å². The molecule has 106 valence electrons. The minimum atomic E-state index is -3.83. The lowest BCUT2D eigenvalue weighted by Gasteiger charge is -2.16. The number of carbonyl (C=O) groups is 1. The Morgan fingerprint density at radius 2 is 1.79 bits per heavy atom. The van der Waals surface area contributed by atoms with E-state index in [1.807, 2.05) is 6.07 Å². The molecule has 19 heavy (non-hydrogen) atoms. The van der Waals surface area contributed by atoms with Gasteiger partial charge in [-0.3, -0.25) is 4.79 Å². The summed E-state index contributed by atoms with van der Waals surface area (Å²) in [6.45, 7) is 3.32. The van der Waals surface area contributed by atoms with Gasteiger partial charge in [-0.05, 0) is 25.8 Å². The number of aliphatic carboxylic acids is 1. The molecule has 6 nitrogen and oxygen atoms in total. The number of carboxylic acid groups (broad SMARTS) is 1. The zero-order valence-corrected chi connectivity index (χ0v) is 11.6. The molecule has 3 N–H and O–H groups in total. The summed E-state index contributed by atoms with van der Waals surface area (Å²) in [5.74, 6) is -1.21. The molecule has 0 aliphatic rings. The van der Waals surface area contributed by atoms with Gasteiger partial charge < -0.3 is 5.11 Å². The van der Waals surface area contributed by atoms with Gasteiger partial charge in [0.05, 0.1) is 0 Å². The highest BCUT2D eigenvalue weighted by molar-refractivity contribution is 7.87. The zero-order valence-electron chi connectivity index (χ0n) is 10.8. The maximum Gasteiger partial charge on any atom is 0.322 e. The van der Waals surface area contributed by atoms with Gasteiger partial charge in [-0.15, -0.1) is 0 Å². The first-order chi connectivity index (χ1) is 8.80. The fourth-order valence-electron chi connectivity index (χ4n) is 1.56. The number of nitrogens with one attached hydrogen (secondary N) is 2. The lowest BCUT2D eigenvalue weighted by atomic mass is 10.1. The van der Waals surface area contributed by atoms with Crippen molar-refractivity contribution in [1.29, 1.82) is 0 Å². The van der Waals surface area contributed by atoms with Crippen molar-refractivity contribution < 1.29 is 18.3 Å². The second-order valence-corrected chi connectivity index (χ2v) is 5.95. The Labute approximate surface area is 113 Å². The molecule has 0 saturated heterocycles. The van der Waals surface area contributed by atoms with E-state index in [2.05, 4.69) is 9.44 Å². The van der Waals surface area contributed by atoms with Crippen LogP contribution in [0, 0.1) is 0 Å². The number of benzene rings is 1. The number of rotatable bonds is 7. The Morgan fingerprint density at radius 3 is 2.26 bits per heavy atom. The molecular weight excluding hydrogens is 268 g/mol. The monoisotopic (exact) mass is 286 g/mol. The molecule has 0 spiro atoms. The van der Waals surface area contributed by atoms with Crippen LogP contribution in [0.1, 0.15) is 19.4 Å². The predicted molar refractivity (Wildman–Crippen MR) is 71.9 cm³/mol. The number of carboxylic acids is 1. The highest BCUT2D eigenvalue weighted by Gasteiger charge is 2.24. The van der Waals surface area contributed by atoms with Gasteiger partial charge in [0.15, 0.2) is 0 Å². The maximum atomic E-state index is 11.7. The fourth-order valence-corrected chi connectivity index (χ4v) is 2.81. The van der Waals surface area contributed by atoms with Crippen molar-refractivity contribution in [3.05, 3.63) is 35.9 Å². The second kappa shape index (κ2) is 6.65. The Kier molecular flexibility index (Phi) is 5.46. The van der Waals surface area contributed by atoms with Crippen molar-refractivity contribution in [3.8, 4) is 0 Å². The smallest absolute Gasteiger partial charge is 0.322 e. The summed E-state index contributed by atoms with van der Waals surface area (Å²) >= 11 is 0. The molecule has 0 aliphatic carbocycles. The van der Waals surface area contributed by atoms with Crippen LogP contribution < -0.4 is 9.44 Å². The molecule has 7 heteroatoms. The molecule has 0 saturated carbocycles. The van der Waals surface area contributed by atoms with Crippen molar-refractivity contribution in [1.82, 2.24) is 9.44 Å². The van der Waals surface area contributed by atoms with Gasteiger partial charge in [0, 0.05) is 6.04 Å². The van der Waals surface area contributed by atoms with Crippen LogP contribution in [-0.2, 0) is 21.4 Å². The quantitative estimate of drug-likeness (QED) is 0.680. The summed E-state index contributed by atoms with van der Waals surface area (Å²) in [5, 5.41) is 9.08. The standard InChI is InChI=1S/C12H18N2O4S/c1-9(2)13-19(17,18)14-11(12(15)16)8-10-6-4-3-5-7-10/h3-7,9,11,13-14H,8H2,1-2H3,(H,15,16)/t11-/m0/s1. The van der Waals surface area contributed by atoms with E-state index in [0.717, 1.165) is 5.56 Å². The molecule has 1 aromatic carbocycles. The molecule has 0 bridgehead atoms. The van der Waals surface area contributed by atoms with Gasteiger partial charge in [0.1, 0.15) is 6.04 Å². The van der Waals surface area contributed by atoms with E-state index >= 15 is 0 Å². The van der Waals surface area contributed by atoms with Crippen LogP contribution in [0.15, 0.2) is 30.3 Å². The maximum absolute atomic E-state index is 11.7. The van der Waals surface area contributed by atoms with E-state index in [1.165, 1.54) is 0 Å². The highest BCUT2D eigenvalue weighted by atomic mass is 32.2. The number of hydrogen-bond acceptors (Lipinski definition) is 3. The molecule has 0 aromatic heterocycles. The summed E-state index contributed by atoms with van der Waals surface area (Å²) in [6, 6.07) is 7.36. The van der Waals surface area contributed by atoms with Crippen LogP contribution in [0.2, 0.25) is 0 Å². The Hall–Kier alpha value is -1.44. The third-order valence-corrected chi connectivity index (χ3v) is 3.65. The fraction of sp³-hybridized carbons (Fsp3) is 0.417. The minimum absolute atomic E-state index is 0.0924. The van der Waals surface area contributed by atoms with Gasteiger partial charge in [-0.2, -0.15) is 17.9 Å². The first-order valence-electron chi connectivity index (χ1n) is 5.86. The number of hydrogen-bond donors (Lipinski definition) is 3. The molecule has 0 radical (unpaired) electrons. The largest absolute Gasteiger partial charge is 0.480 e. The minimum Gasteiger partial charge on any atom is -0.480 e.